The number of hydrogen-bond donors (Lipinski definition) is 1. The van der Waals surface area contributed by atoms with Gasteiger partial charge in [-0.05, 0) is 74.5 Å². The van der Waals surface area contributed by atoms with Crippen LogP contribution in [0.1, 0.15) is 57.8 Å². The lowest BCUT2D eigenvalue weighted by Crippen LogP contribution is -2.44. The molecule has 1 N–H and O–H groups in total. The van der Waals surface area contributed by atoms with Gasteiger partial charge in [-0.1, -0.05) is 0 Å². The van der Waals surface area contributed by atoms with Crippen LogP contribution in [0.4, 0.5) is 0 Å². The summed E-state index contributed by atoms with van der Waals surface area (Å²) in [7, 11) is -3.13. The minimum absolute atomic E-state index is 0.0955. The lowest BCUT2D eigenvalue weighted by atomic mass is 9.62. The van der Waals surface area contributed by atoms with Crippen molar-refractivity contribution in [1.82, 2.24) is 4.72 Å². The molecule has 4 aliphatic carbocycles. The van der Waals surface area contributed by atoms with Crippen molar-refractivity contribution in [2.45, 2.75) is 63.8 Å². The van der Waals surface area contributed by atoms with E-state index in [9.17, 15) is 8.42 Å². The van der Waals surface area contributed by atoms with Gasteiger partial charge in [0.15, 0.2) is 0 Å². The summed E-state index contributed by atoms with van der Waals surface area (Å²) >= 11 is 0. The molecule has 5 aliphatic rings. The highest BCUT2D eigenvalue weighted by atomic mass is 32.2. The van der Waals surface area contributed by atoms with E-state index in [1.807, 2.05) is 0 Å². The Balaban J connectivity index is 1.38. The van der Waals surface area contributed by atoms with E-state index < -0.39 is 10.0 Å². The molecule has 5 fully saturated rings. The highest BCUT2D eigenvalue weighted by Gasteiger charge is 2.56. The molecule has 2 bridgehead atoms. The smallest absolute Gasteiger partial charge is 0.212 e. The molecule has 1 saturated heterocycles. The molecule has 5 heteroatoms. The fourth-order valence-electron chi connectivity index (χ4n) is 5.06. The van der Waals surface area contributed by atoms with Gasteiger partial charge in [-0.2, -0.15) is 0 Å². The predicted octanol–water partition coefficient (Wildman–Crippen LogP) is 2.45. The Kier molecular flexibility index (Phi) is 3.40. The maximum atomic E-state index is 12.6. The van der Waals surface area contributed by atoms with Crippen LogP contribution in [0.5, 0.6) is 0 Å². The molecule has 1 heterocycles. The Morgan fingerprint density at radius 2 is 1.62 bits per heavy atom. The molecule has 4 nitrogen and oxygen atoms in total. The number of nitrogens with one attached hydrogen (secondary N) is 1. The Morgan fingerprint density at radius 1 is 1.00 bits per heavy atom. The van der Waals surface area contributed by atoms with Crippen LogP contribution < -0.4 is 4.72 Å². The van der Waals surface area contributed by atoms with Crippen molar-refractivity contribution in [2.75, 3.05) is 19.0 Å². The summed E-state index contributed by atoms with van der Waals surface area (Å²) < 4.78 is 33.7. The zero-order valence-corrected chi connectivity index (χ0v) is 13.6. The number of sulfonamides is 1. The summed E-state index contributed by atoms with van der Waals surface area (Å²) in [6, 6.07) is 0.183. The second-order valence-electron chi connectivity index (χ2n) is 8.09. The Bertz CT molecular complexity index is 488. The van der Waals surface area contributed by atoms with Gasteiger partial charge in [0.25, 0.3) is 0 Å². The fraction of sp³-hybridized carbons (Fsp3) is 1.00. The van der Waals surface area contributed by atoms with E-state index in [-0.39, 0.29) is 16.9 Å². The third kappa shape index (κ3) is 2.77. The SMILES string of the molecule is O=S(=O)(CC12CCC(CC1)CC2)N[C@H]1CC12CCOCC2. The summed E-state index contributed by atoms with van der Waals surface area (Å²) in [5.74, 6) is 1.26. The first-order chi connectivity index (χ1) is 10.0. The number of rotatable bonds is 4. The summed E-state index contributed by atoms with van der Waals surface area (Å²) in [5, 5.41) is 0. The van der Waals surface area contributed by atoms with E-state index in [2.05, 4.69) is 4.72 Å². The van der Waals surface area contributed by atoms with Crippen molar-refractivity contribution < 1.29 is 13.2 Å². The molecule has 1 aliphatic heterocycles. The number of fused-ring (bicyclic) bond motifs is 3. The summed E-state index contributed by atoms with van der Waals surface area (Å²) in [5.41, 5.74) is 0.325. The molecule has 0 aromatic carbocycles. The fourth-order valence-corrected chi connectivity index (χ4v) is 7.15. The van der Waals surface area contributed by atoms with Gasteiger partial charge in [-0.15, -0.1) is 0 Å². The maximum absolute atomic E-state index is 12.6. The zero-order chi connectivity index (χ0) is 14.6. The third-order valence-electron chi connectivity index (χ3n) is 6.75. The highest BCUT2D eigenvalue weighted by molar-refractivity contribution is 7.89. The minimum atomic E-state index is -3.13. The highest BCUT2D eigenvalue weighted by Crippen LogP contribution is 2.54. The van der Waals surface area contributed by atoms with E-state index in [1.165, 1.54) is 19.3 Å². The van der Waals surface area contributed by atoms with E-state index in [0.717, 1.165) is 57.7 Å². The molecule has 5 rings (SSSR count). The first-order valence-electron chi connectivity index (χ1n) is 8.59. The normalized spacial score (nSPS) is 41.3. The molecular weight excluding hydrogens is 286 g/mol. The van der Waals surface area contributed by atoms with Gasteiger partial charge in [-0.3, -0.25) is 0 Å². The number of hydrogen-bond acceptors (Lipinski definition) is 3. The largest absolute Gasteiger partial charge is 0.381 e. The number of ether oxygens (including phenoxy) is 1. The average Bonchev–Trinajstić information content (AvgIpc) is 3.10. The van der Waals surface area contributed by atoms with Crippen LogP contribution in [0.25, 0.3) is 0 Å². The quantitative estimate of drug-likeness (QED) is 0.867. The van der Waals surface area contributed by atoms with Crippen molar-refractivity contribution in [2.24, 2.45) is 16.7 Å². The first-order valence-corrected chi connectivity index (χ1v) is 10.2. The summed E-state index contributed by atoms with van der Waals surface area (Å²) in [6.45, 7) is 1.59. The predicted molar refractivity (Wildman–Crippen MR) is 81.4 cm³/mol. The van der Waals surface area contributed by atoms with Gasteiger partial charge in [0.05, 0.1) is 5.75 Å². The summed E-state index contributed by atoms with van der Waals surface area (Å²) in [6.07, 6.45) is 10.2. The second-order valence-corrected chi connectivity index (χ2v) is 9.84. The van der Waals surface area contributed by atoms with Gasteiger partial charge >= 0.3 is 0 Å². The van der Waals surface area contributed by atoms with Gasteiger partial charge in [0.2, 0.25) is 10.0 Å². The van der Waals surface area contributed by atoms with E-state index in [1.54, 1.807) is 0 Å². The monoisotopic (exact) mass is 313 g/mol. The van der Waals surface area contributed by atoms with Gasteiger partial charge in [0, 0.05) is 19.3 Å². The molecular formula is C16H27NO3S. The first kappa shape index (κ1) is 14.5. The molecule has 1 atom stereocenters. The van der Waals surface area contributed by atoms with Crippen molar-refractivity contribution in [3.05, 3.63) is 0 Å². The Morgan fingerprint density at radius 3 is 2.24 bits per heavy atom. The molecule has 1 spiro atoms. The molecule has 120 valence electrons. The van der Waals surface area contributed by atoms with Crippen LogP contribution >= 0.6 is 0 Å². The molecule has 0 radical (unpaired) electrons. The van der Waals surface area contributed by atoms with Crippen molar-refractivity contribution >= 4 is 10.0 Å². The molecule has 0 unspecified atom stereocenters. The van der Waals surface area contributed by atoms with Crippen molar-refractivity contribution in [3.8, 4) is 0 Å². The standard InChI is InChI=1S/C16H27NO3S/c18-21(19,12-15-4-1-13(2-5-15)3-6-15)17-14-11-16(14)7-9-20-10-8-16/h13-14,17H,1-12H2/t13?,14-,15?/m0/s1. The molecule has 4 saturated carbocycles. The average molecular weight is 313 g/mol. The Labute approximate surface area is 128 Å². The molecule has 21 heavy (non-hydrogen) atoms. The Hall–Kier alpha value is -0.130. The van der Waals surface area contributed by atoms with Gasteiger partial charge in [-0.25, -0.2) is 13.1 Å². The molecule has 0 aromatic rings. The topological polar surface area (TPSA) is 55.4 Å². The van der Waals surface area contributed by atoms with Crippen LogP contribution in [-0.4, -0.2) is 33.4 Å². The van der Waals surface area contributed by atoms with Crippen LogP contribution in [-0.2, 0) is 14.8 Å². The minimum Gasteiger partial charge on any atom is -0.381 e. The second kappa shape index (κ2) is 4.93. The van der Waals surface area contributed by atoms with E-state index >= 15 is 0 Å². The van der Waals surface area contributed by atoms with Crippen molar-refractivity contribution in [1.29, 1.82) is 0 Å². The zero-order valence-electron chi connectivity index (χ0n) is 12.8. The van der Waals surface area contributed by atoms with Gasteiger partial charge < -0.3 is 4.74 Å². The molecule has 0 aromatic heterocycles. The van der Waals surface area contributed by atoms with Crippen LogP contribution in [0.15, 0.2) is 0 Å². The van der Waals surface area contributed by atoms with Crippen molar-refractivity contribution in [3.63, 3.8) is 0 Å². The van der Waals surface area contributed by atoms with E-state index in [4.69, 9.17) is 4.74 Å². The lowest BCUT2D eigenvalue weighted by Gasteiger charge is -2.46. The summed E-state index contributed by atoms with van der Waals surface area (Å²) in [4.78, 5) is 0. The van der Waals surface area contributed by atoms with E-state index in [0.29, 0.717) is 5.75 Å². The molecule has 0 amide bonds. The maximum Gasteiger partial charge on any atom is 0.212 e. The van der Waals surface area contributed by atoms with Crippen LogP contribution in [0, 0.1) is 16.7 Å². The lowest BCUT2D eigenvalue weighted by molar-refractivity contribution is 0.0552. The van der Waals surface area contributed by atoms with Gasteiger partial charge in [0.1, 0.15) is 0 Å². The third-order valence-corrected chi connectivity index (χ3v) is 8.38. The van der Waals surface area contributed by atoms with Crippen LogP contribution in [0.3, 0.4) is 0 Å². The van der Waals surface area contributed by atoms with Crippen LogP contribution in [0.2, 0.25) is 0 Å².